The Kier molecular flexibility index (Phi) is 5.09. The molecule has 128 valence electrons. The lowest BCUT2D eigenvalue weighted by molar-refractivity contribution is -0.137. The van der Waals surface area contributed by atoms with Gasteiger partial charge in [0.1, 0.15) is 17.4 Å². The van der Waals surface area contributed by atoms with E-state index in [1.54, 1.807) is 6.92 Å². The van der Waals surface area contributed by atoms with Gasteiger partial charge in [-0.05, 0) is 25.1 Å². The topological polar surface area (TPSA) is 91.9 Å². The molecule has 2 aromatic rings. The summed E-state index contributed by atoms with van der Waals surface area (Å²) in [5, 5.41) is -0.137. The molecule has 1 aromatic heterocycles. The van der Waals surface area contributed by atoms with Crippen molar-refractivity contribution in [2.45, 2.75) is 18.3 Å². The van der Waals surface area contributed by atoms with Gasteiger partial charge in [0.2, 0.25) is 0 Å². The predicted octanol–water partition coefficient (Wildman–Crippen LogP) is 2.58. The van der Waals surface area contributed by atoms with Crippen molar-refractivity contribution in [2.75, 3.05) is 11.5 Å². The highest BCUT2D eigenvalue weighted by molar-refractivity contribution is 7.91. The number of nitrogen functional groups attached to an aromatic ring is 1. The van der Waals surface area contributed by atoms with Gasteiger partial charge in [-0.3, -0.25) is 4.79 Å². The van der Waals surface area contributed by atoms with Crippen LogP contribution < -0.4 is 5.73 Å². The van der Waals surface area contributed by atoms with Gasteiger partial charge in [-0.2, -0.15) is 23.1 Å². The van der Waals surface area contributed by atoms with Crippen molar-refractivity contribution in [2.24, 2.45) is 0 Å². The van der Waals surface area contributed by atoms with Crippen LogP contribution in [0.4, 0.5) is 23.4 Å². The van der Waals surface area contributed by atoms with Crippen molar-refractivity contribution < 1.29 is 26.9 Å². The molecule has 5 nitrogen and oxygen atoms in total. The lowest BCUT2D eigenvalue weighted by Gasteiger charge is -2.13. The predicted molar refractivity (Wildman–Crippen MR) is 78.2 cm³/mol. The number of rotatable bonds is 4. The number of carbonyl (C=O) groups is 1. The summed E-state index contributed by atoms with van der Waals surface area (Å²) >= 11 is -1.54. The third kappa shape index (κ3) is 3.65. The van der Waals surface area contributed by atoms with Crippen molar-refractivity contribution >= 4 is 22.8 Å². The Morgan fingerprint density at radius 3 is 2.54 bits per heavy atom. The minimum absolute atomic E-state index is 0.137. The van der Waals surface area contributed by atoms with Crippen molar-refractivity contribution in [3.05, 3.63) is 46.9 Å². The highest BCUT2D eigenvalue weighted by atomic mass is 32.2. The molecule has 0 aliphatic rings. The normalized spacial score (nSPS) is 12.9. The Morgan fingerprint density at radius 1 is 1.33 bits per heavy atom. The number of anilines is 1. The maximum Gasteiger partial charge on any atom is 0.417 e. The maximum absolute atomic E-state index is 13.3. The van der Waals surface area contributed by atoms with E-state index in [2.05, 4.69) is 9.97 Å². The summed E-state index contributed by atoms with van der Waals surface area (Å²) < 4.78 is 63.9. The molecule has 0 radical (unpaired) electrons. The van der Waals surface area contributed by atoms with Crippen molar-refractivity contribution in [1.82, 2.24) is 9.97 Å². The molecule has 10 heteroatoms. The largest absolute Gasteiger partial charge is 0.609 e. The molecule has 0 aliphatic heterocycles. The first-order valence-corrected chi connectivity index (χ1v) is 7.89. The zero-order valence-electron chi connectivity index (χ0n) is 12.2. The lowest BCUT2D eigenvalue weighted by atomic mass is 9.99. The average molecular weight is 361 g/mol. The minimum atomic E-state index is -4.85. The summed E-state index contributed by atoms with van der Waals surface area (Å²) in [5.41, 5.74) is 2.94. The van der Waals surface area contributed by atoms with E-state index in [4.69, 9.17) is 5.73 Å². The number of aromatic nitrogens is 2. The van der Waals surface area contributed by atoms with Crippen LogP contribution in [-0.4, -0.2) is 26.1 Å². The first-order chi connectivity index (χ1) is 11.1. The second kappa shape index (κ2) is 6.73. The fraction of sp³-hybridized carbons (Fsp3) is 0.214. The zero-order valence-corrected chi connectivity index (χ0v) is 13.0. The van der Waals surface area contributed by atoms with Crippen LogP contribution in [0, 0.1) is 5.82 Å². The number of halogens is 4. The number of benzene rings is 1. The number of hydrogen-bond donors (Lipinski definition) is 1. The molecule has 0 aliphatic carbocycles. The number of hydrogen-bond acceptors (Lipinski definition) is 5. The molecule has 24 heavy (non-hydrogen) atoms. The highest BCUT2D eigenvalue weighted by Crippen LogP contribution is 2.33. The van der Waals surface area contributed by atoms with E-state index in [-0.39, 0.29) is 10.9 Å². The van der Waals surface area contributed by atoms with E-state index in [0.29, 0.717) is 18.2 Å². The van der Waals surface area contributed by atoms with Crippen molar-refractivity contribution in [1.29, 1.82) is 0 Å². The molecule has 1 unspecified atom stereocenters. The molecular formula is C14H11F4N3O2S. The molecule has 1 heterocycles. The highest BCUT2D eigenvalue weighted by Gasteiger charge is 2.36. The van der Waals surface area contributed by atoms with Crippen LogP contribution in [0.15, 0.2) is 29.6 Å². The van der Waals surface area contributed by atoms with Crippen LogP contribution in [0.1, 0.15) is 28.4 Å². The summed E-state index contributed by atoms with van der Waals surface area (Å²) in [5.74, 6) is -2.40. The van der Waals surface area contributed by atoms with E-state index < -0.39 is 51.5 Å². The average Bonchev–Trinajstić information content (AvgIpc) is 2.52. The van der Waals surface area contributed by atoms with Crippen LogP contribution in [0.25, 0.3) is 0 Å². The van der Waals surface area contributed by atoms with E-state index in [1.165, 1.54) is 0 Å². The quantitative estimate of drug-likeness (QED) is 0.391. The van der Waals surface area contributed by atoms with Crippen molar-refractivity contribution in [3.63, 3.8) is 0 Å². The molecule has 0 saturated carbocycles. The molecular weight excluding hydrogens is 350 g/mol. The Bertz CT molecular complexity index is 783. The Morgan fingerprint density at radius 2 is 2.00 bits per heavy atom. The van der Waals surface area contributed by atoms with Gasteiger partial charge in [-0.1, -0.05) is 0 Å². The van der Waals surface area contributed by atoms with Crippen molar-refractivity contribution in [3.8, 4) is 0 Å². The summed E-state index contributed by atoms with van der Waals surface area (Å²) in [7, 11) is 0. The number of ketones is 1. The number of alkyl halides is 3. The summed E-state index contributed by atoms with van der Waals surface area (Å²) in [4.78, 5) is 19.7. The molecule has 1 aromatic carbocycles. The van der Waals surface area contributed by atoms with Crippen LogP contribution in [0.3, 0.4) is 0 Å². The standard InChI is InChI=1S/C14H11F4N3O2S/c1-2-24(23)13-20-6-9(12(19)21-13)11(22)8-5-7(15)3-4-10(8)14(16,17)18/h3-6H,2H2,1H3,(H2,19,20,21). The van der Waals surface area contributed by atoms with Gasteiger partial charge in [-0.25, -0.2) is 4.39 Å². The fourth-order valence-electron chi connectivity index (χ4n) is 1.89. The molecule has 0 saturated heterocycles. The second-order valence-corrected chi connectivity index (χ2v) is 6.24. The fourth-order valence-corrected chi connectivity index (χ4v) is 2.52. The molecule has 2 rings (SSSR count). The summed E-state index contributed by atoms with van der Waals surface area (Å²) in [6.07, 6.45) is -3.96. The Hall–Kier alpha value is -2.20. The van der Waals surface area contributed by atoms with Crippen LogP contribution in [-0.2, 0) is 17.4 Å². The van der Waals surface area contributed by atoms with Gasteiger partial charge >= 0.3 is 11.3 Å². The summed E-state index contributed by atoms with van der Waals surface area (Å²) in [6, 6.07) is 1.55. The Labute approximate surface area is 137 Å². The monoisotopic (exact) mass is 361 g/mol. The van der Waals surface area contributed by atoms with Gasteiger partial charge < -0.3 is 10.3 Å². The third-order valence-corrected chi connectivity index (χ3v) is 4.17. The van der Waals surface area contributed by atoms with Crippen LogP contribution >= 0.6 is 0 Å². The van der Waals surface area contributed by atoms with Crippen LogP contribution in [0.2, 0.25) is 0 Å². The molecule has 0 amide bonds. The second-order valence-electron chi connectivity index (χ2n) is 4.60. The van der Waals surface area contributed by atoms with Gasteiger partial charge in [0.25, 0.3) is 0 Å². The van der Waals surface area contributed by atoms with Gasteiger partial charge in [0.15, 0.2) is 5.78 Å². The number of nitrogens with zero attached hydrogens (tertiary/aromatic N) is 2. The summed E-state index contributed by atoms with van der Waals surface area (Å²) in [6.45, 7) is 1.61. The first kappa shape index (κ1) is 18.1. The number of nitrogens with two attached hydrogens (primary N) is 1. The molecule has 0 bridgehead atoms. The third-order valence-electron chi connectivity index (χ3n) is 3.04. The van der Waals surface area contributed by atoms with Gasteiger partial charge in [-0.15, -0.1) is 0 Å². The molecule has 0 spiro atoms. The van der Waals surface area contributed by atoms with Gasteiger partial charge in [0, 0.05) is 22.9 Å². The molecule has 1 atom stereocenters. The molecule has 0 fully saturated rings. The Balaban J connectivity index is 2.52. The van der Waals surface area contributed by atoms with E-state index in [9.17, 15) is 26.9 Å². The SMILES string of the molecule is CC[S+]([O-])c1ncc(C(=O)c2cc(F)ccc2C(F)(F)F)c(N)n1. The van der Waals surface area contributed by atoms with E-state index >= 15 is 0 Å². The van der Waals surface area contributed by atoms with E-state index in [0.717, 1.165) is 6.20 Å². The first-order valence-electron chi connectivity index (χ1n) is 6.57. The zero-order chi connectivity index (χ0) is 18.1. The van der Waals surface area contributed by atoms with Crippen LogP contribution in [0.5, 0.6) is 0 Å². The van der Waals surface area contributed by atoms with Gasteiger partial charge in [0.05, 0.1) is 11.1 Å². The number of carbonyl (C=O) groups excluding carboxylic acids is 1. The maximum atomic E-state index is 13.3. The molecule has 2 N–H and O–H groups in total. The van der Waals surface area contributed by atoms with E-state index in [1.807, 2.05) is 0 Å². The lowest BCUT2D eigenvalue weighted by Crippen LogP contribution is -2.17. The minimum Gasteiger partial charge on any atom is -0.609 e. The smallest absolute Gasteiger partial charge is 0.417 e.